The van der Waals surface area contributed by atoms with Crippen LogP contribution in [0.2, 0.25) is 5.28 Å². The van der Waals surface area contributed by atoms with Crippen molar-refractivity contribution in [2.24, 2.45) is 0 Å². The number of nitrogens with one attached hydrogen (secondary N) is 1. The Kier molecular flexibility index (Phi) is 3.35. The largest absolute Gasteiger partial charge is 0.471 e. The Morgan fingerprint density at radius 1 is 1.21 bits per heavy atom. The summed E-state index contributed by atoms with van der Waals surface area (Å²) in [5, 5.41) is 0.116. The number of ether oxygens (including phenoxy) is 1. The summed E-state index contributed by atoms with van der Waals surface area (Å²) in [5.41, 5.74) is 2.16. The minimum absolute atomic E-state index is 0.116. The van der Waals surface area contributed by atoms with Crippen LogP contribution in [-0.4, -0.2) is 19.9 Å². The van der Waals surface area contributed by atoms with Gasteiger partial charge in [0.2, 0.25) is 11.2 Å². The van der Waals surface area contributed by atoms with Gasteiger partial charge in [-0.1, -0.05) is 28.1 Å². The van der Waals surface area contributed by atoms with E-state index in [1.165, 1.54) is 6.33 Å². The van der Waals surface area contributed by atoms with E-state index in [4.69, 9.17) is 16.3 Å². The van der Waals surface area contributed by atoms with Crippen molar-refractivity contribution in [2.45, 2.75) is 6.61 Å². The summed E-state index contributed by atoms with van der Waals surface area (Å²) in [7, 11) is 0. The highest BCUT2D eigenvalue weighted by atomic mass is 79.9. The molecule has 0 atom stereocenters. The highest BCUT2D eigenvalue weighted by Crippen LogP contribution is 2.22. The van der Waals surface area contributed by atoms with Crippen LogP contribution in [0.15, 0.2) is 35.1 Å². The van der Waals surface area contributed by atoms with Gasteiger partial charge >= 0.3 is 0 Å². The van der Waals surface area contributed by atoms with E-state index in [9.17, 15) is 0 Å². The molecule has 96 valence electrons. The zero-order valence-electron chi connectivity index (χ0n) is 9.60. The Bertz CT molecular complexity index is 713. The van der Waals surface area contributed by atoms with Gasteiger partial charge in [-0.25, -0.2) is 4.98 Å². The van der Waals surface area contributed by atoms with Gasteiger partial charge in [-0.15, -0.1) is 0 Å². The van der Waals surface area contributed by atoms with E-state index in [1.54, 1.807) is 0 Å². The third-order valence-electron chi connectivity index (χ3n) is 2.51. The van der Waals surface area contributed by atoms with E-state index < -0.39 is 0 Å². The molecular weight excluding hydrogens is 332 g/mol. The molecule has 1 aromatic carbocycles. The molecule has 0 aliphatic rings. The molecule has 19 heavy (non-hydrogen) atoms. The lowest BCUT2D eigenvalue weighted by Gasteiger charge is -2.06. The van der Waals surface area contributed by atoms with Crippen LogP contribution in [0.1, 0.15) is 5.56 Å². The maximum atomic E-state index is 5.82. The van der Waals surface area contributed by atoms with Crippen molar-refractivity contribution in [1.29, 1.82) is 0 Å². The lowest BCUT2D eigenvalue weighted by atomic mass is 10.2. The number of imidazole rings is 1. The molecule has 0 unspecified atom stereocenters. The Morgan fingerprint density at radius 3 is 2.79 bits per heavy atom. The fourth-order valence-corrected chi connectivity index (χ4v) is 2.04. The Balaban J connectivity index is 1.85. The van der Waals surface area contributed by atoms with E-state index in [-0.39, 0.29) is 5.28 Å². The lowest BCUT2D eigenvalue weighted by molar-refractivity contribution is 0.297. The summed E-state index contributed by atoms with van der Waals surface area (Å²) in [6.45, 7) is 0.398. The van der Waals surface area contributed by atoms with E-state index >= 15 is 0 Å². The first-order valence-electron chi connectivity index (χ1n) is 5.46. The molecule has 3 aromatic rings. The van der Waals surface area contributed by atoms with Crippen molar-refractivity contribution < 1.29 is 4.74 Å². The Labute approximate surface area is 122 Å². The van der Waals surface area contributed by atoms with Gasteiger partial charge in [0.05, 0.1) is 6.33 Å². The molecule has 1 N–H and O–H groups in total. The molecule has 0 amide bonds. The van der Waals surface area contributed by atoms with Gasteiger partial charge in [0.25, 0.3) is 0 Å². The molecule has 0 bridgehead atoms. The number of benzene rings is 1. The van der Waals surface area contributed by atoms with Gasteiger partial charge in [-0.05, 0) is 29.3 Å². The predicted octanol–water partition coefficient (Wildman–Crippen LogP) is 3.35. The van der Waals surface area contributed by atoms with Gasteiger partial charge in [-0.2, -0.15) is 9.97 Å². The number of nitrogens with zero attached hydrogens (tertiary/aromatic N) is 3. The molecule has 2 aromatic heterocycles. The number of aromatic nitrogens is 4. The van der Waals surface area contributed by atoms with Crippen molar-refractivity contribution in [1.82, 2.24) is 19.9 Å². The van der Waals surface area contributed by atoms with Crippen LogP contribution >= 0.6 is 27.5 Å². The minimum Gasteiger partial charge on any atom is -0.471 e. The summed E-state index contributed by atoms with van der Waals surface area (Å²) < 4.78 is 6.69. The van der Waals surface area contributed by atoms with Crippen LogP contribution in [0.5, 0.6) is 5.88 Å². The number of rotatable bonds is 3. The van der Waals surface area contributed by atoms with E-state index in [1.807, 2.05) is 24.3 Å². The first-order valence-corrected chi connectivity index (χ1v) is 6.63. The monoisotopic (exact) mass is 338 g/mol. The molecule has 0 fully saturated rings. The fraction of sp³-hybridized carbons (Fsp3) is 0.0833. The number of hydrogen-bond acceptors (Lipinski definition) is 4. The second kappa shape index (κ2) is 5.14. The third-order valence-corrected chi connectivity index (χ3v) is 3.21. The van der Waals surface area contributed by atoms with Crippen LogP contribution in [0.25, 0.3) is 11.2 Å². The van der Waals surface area contributed by atoms with Crippen LogP contribution in [0.4, 0.5) is 0 Å². The standard InChI is InChI=1S/C12H8BrClN4O/c13-8-3-1-7(2-4-8)5-19-11-9-10(16-6-15-9)17-12(14)18-11/h1-4,6H,5H2,(H,15,16,17,18). The van der Waals surface area contributed by atoms with E-state index in [0.717, 1.165) is 10.0 Å². The molecular formula is C12H8BrClN4O. The smallest absolute Gasteiger partial charge is 0.244 e. The number of H-pyrrole nitrogens is 1. The summed E-state index contributed by atoms with van der Waals surface area (Å²) >= 11 is 9.21. The molecule has 7 heteroatoms. The molecule has 0 aliphatic carbocycles. The van der Waals surface area contributed by atoms with E-state index in [0.29, 0.717) is 23.7 Å². The normalized spacial score (nSPS) is 10.8. The molecule has 5 nitrogen and oxygen atoms in total. The van der Waals surface area contributed by atoms with Crippen LogP contribution in [0, 0.1) is 0 Å². The van der Waals surface area contributed by atoms with Crippen molar-refractivity contribution >= 4 is 38.7 Å². The molecule has 2 heterocycles. The maximum absolute atomic E-state index is 5.82. The van der Waals surface area contributed by atoms with Crippen LogP contribution < -0.4 is 4.74 Å². The summed E-state index contributed by atoms with van der Waals surface area (Å²) in [5.74, 6) is 0.399. The van der Waals surface area contributed by atoms with Gasteiger partial charge in [0, 0.05) is 4.47 Å². The van der Waals surface area contributed by atoms with E-state index in [2.05, 4.69) is 35.9 Å². The molecule has 0 radical (unpaired) electrons. The highest BCUT2D eigenvalue weighted by Gasteiger charge is 2.10. The van der Waals surface area contributed by atoms with Crippen LogP contribution in [0.3, 0.4) is 0 Å². The second-order valence-corrected chi connectivity index (χ2v) is 5.07. The average molecular weight is 340 g/mol. The average Bonchev–Trinajstić information content (AvgIpc) is 2.85. The topological polar surface area (TPSA) is 63.7 Å². The second-order valence-electron chi connectivity index (χ2n) is 3.81. The maximum Gasteiger partial charge on any atom is 0.244 e. The molecule has 0 spiro atoms. The molecule has 0 saturated carbocycles. The summed E-state index contributed by atoms with van der Waals surface area (Å²) in [6, 6.07) is 7.85. The fourth-order valence-electron chi connectivity index (χ4n) is 1.62. The minimum atomic E-state index is 0.116. The number of fused-ring (bicyclic) bond motifs is 1. The molecule has 0 aliphatic heterocycles. The molecule has 0 saturated heterocycles. The number of aromatic amines is 1. The predicted molar refractivity (Wildman–Crippen MR) is 75.2 cm³/mol. The van der Waals surface area contributed by atoms with Gasteiger partial charge in [-0.3, -0.25) is 0 Å². The Morgan fingerprint density at radius 2 is 2.00 bits per heavy atom. The quantitative estimate of drug-likeness (QED) is 0.743. The van der Waals surface area contributed by atoms with Crippen LogP contribution in [-0.2, 0) is 6.61 Å². The van der Waals surface area contributed by atoms with Crippen molar-refractivity contribution in [3.63, 3.8) is 0 Å². The van der Waals surface area contributed by atoms with Crippen molar-refractivity contribution in [2.75, 3.05) is 0 Å². The Hall–Kier alpha value is -1.66. The highest BCUT2D eigenvalue weighted by molar-refractivity contribution is 9.10. The third kappa shape index (κ3) is 2.69. The zero-order chi connectivity index (χ0) is 13.2. The van der Waals surface area contributed by atoms with Crippen molar-refractivity contribution in [3.8, 4) is 5.88 Å². The zero-order valence-corrected chi connectivity index (χ0v) is 11.9. The van der Waals surface area contributed by atoms with Gasteiger partial charge < -0.3 is 9.72 Å². The lowest BCUT2D eigenvalue weighted by Crippen LogP contribution is -1.99. The number of hydrogen-bond donors (Lipinski definition) is 1. The molecule has 3 rings (SSSR count). The first-order chi connectivity index (χ1) is 9.22. The van der Waals surface area contributed by atoms with Gasteiger partial charge in [0.15, 0.2) is 5.65 Å². The van der Waals surface area contributed by atoms with Gasteiger partial charge in [0.1, 0.15) is 12.1 Å². The number of halogens is 2. The van der Waals surface area contributed by atoms with Crippen molar-refractivity contribution in [3.05, 3.63) is 45.9 Å². The first kappa shape index (κ1) is 12.4. The summed E-state index contributed by atoms with van der Waals surface area (Å²) in [4.78, 5) is 15.0. The SMILES string of the molecule is Clc1nc(OCc2ccc(Br)cc2)c2[nH]cnc2n1. The summed E-state index contributed by atoms with van der Waals surface area (Å²) in [6.07, 6.45) is 1.53.